The van der Waals surface area contributed by atoms with Crippen LogP contribution < -0.4 is 0 Å². The molecule has 0 saturated carbocycles. The molecule has 0 unspecified atom stereocenters. The van der Waals surface area contributed by atoms with Gasteiger partial charge >= 0.3 is 0 Å². The van der Waals surface area contributed by atoms with E-state index in [1.807, 2.05) is 6.92 Å². The van der Waals surface area contributed by atoms with Gasteiger partial charge in [-0.15, -0.1) is 0 Å². The smallest absolute Gasteiger partial charge is 0.207 e. The van der Waals surface area contributed by atoms with Crippen molar-refractivity contribution in [2.45, 2.75) is 57.7 Å². The van der Waals surface area contributed by atoms with E-state index in [0.717, 1.165) is 30.6 Å². The van der Waals surface area contributed by atoms with Gasteiger partial charge in [-0.25, -0.2) is 0 Å². The van der Waals surface area contributed by atoms with Gasteiger partial charge in [0.05, 0.1) is 0 Å². The summed E-state index contributed by atoms with van der Waals surface area (Å²) in [4.78, 5) is 11.6. The number of allylic oxidation sites excluding steroid dienone is 2. The summed E-state index contributed by atoms with van der Waals surface area (Å²) in [6, 6.07) is 0. The Hall–Kier alpha value is -0.830. The highest BCUT2D eigenvalue weighted by Crippen LogP contribution is 2.38. The fourth-order valence-corrected chi connectivity index (χ4v) is 2.43. The molecule has 0 fully saturated rings. The van der Waals surface area contributed by atoms with Crippen LogP contribution in [0.4, 0.5) is 0 Å². The van der Waals surface area contributed by atoms with Gasteiger partial charge < -0.3 is 9.84 Å². The first-order valence-corrected chi connectivity index (χ1v) is 5.81. The number of ketones is 1. The third-order valence-corrected chi connectivity index (χ3v) is 3.20. The molecule has 2 rings (SSSR count). The van der Waals surface area contributed by atoms with Gasteiger partial charge in [-0.1, -0.05) is 6.92 Å². The van der Waals surface area contributed by atoms with E-state index in [-0.39, 0.29) is 5.78 Å². The van der Waals surface area contributed by atoms with Crippen molar-refractivity contribution in [1.82, 2.24) is 0 Å². The summed E-state index contributed by atoms with van der Waals surface area (Å²) >= 11 is 0. The number of carbonyl (C=O) groups excluding carboxylic acids is 1. The molecule has 0 radical (unpaired) electrons. The maximum Gasteiger partial charge on any atom is 0.207 e. The van der Waals surface area contributed by atoms with E-state index >= 15 is 0 Å². The lowest BCUT2D eigenvalue weighted by Gasteiger charge is -2.36. The van der Waals surface area contributed by atoms with E-state index in [2.05, 4.69) is 0 Å². The lowest BCUT2D eigenvalue weighted by Crippen LogP contribution is -2.37. The molecule has 0 bridgehead atoms. The quantitative estimate of drug-likeness (QED) is 0.760. The van der Waals surface area contributed by atoms with Gasteiger partial charge in [0.1, 0.15) is 5.76 Å². The van der Waals surface area contributed by atoms with Crippen LogP contribution in [0.5, 0.6) is 0 Å². The normalized spacial score (nSPS) is 31.2. The van der Waals surface area contributed by atoms with Gasteiger partial charge in [0.2, 0.25) is 5.79 Å². The monoisotopic (exact) mass is 210 g/mol. The third-order valence-electron chi connectivity index (χ3n) is 3.20. The van der Waals surface area contributed by atoms with Crippen LogP contribution in [0.25, 0.3) is 0 Å². The summed E-state index contributed by atoms with van der Waals surface area (Å²) < 4.78 is 5.60. The van der Waals surface area contributed by atoms with Gasteiger partial charge in [-0.2, -0.15) is 0 Å². The molecule has 0 amide bonds. The second-order valence-corrected chi connectivity index (χ2v) is 4.48. The van der Waals surface area contributed by atoms with Crippen molar-refractivity contribution < 1.29 is 14.6 Å². The van der Waals surface area contributed by atoms with E-state index in [1.54, 1.807) is 0 Å². The van der Waals surface area contributed by atoms with E-state index in [9.17, 15) is 9.90 Å². The van der Waals surface area contributed by atoms with Crippen LogP contribution in [0.3, 0.4) is 0 Å². The Bertz CT molecular complexity index is 306. The Morgan fingerprint density at radius 2 is 2.20 bits per heavy atom. The molecule has 3 heteroatoms. The molecule has 1 atom stereocenters. The number of aliphatic hydroxyl groups is 1. The number of ether oxygens (including phenoxy) is 1. The molecule has 0 aromatic rings. The zero-order valence-corrected chi connectivity index (χ0v) is 9.21. The van der Waals surface area contributed by atoms with Crippen molar-refractivity contribution in [3.8, 4) is 0 Å². The molecule has 1 heterocycles. The Kier molecular flexibility index (Phi) is 2.83. The zero-order valence-electron chi connectivity index (χ0n) is 9.21. The minimum Gasteiger partial charge on any atom is -0.466 e. The predicted octanol–water partition coefficient (Wildman–Crippen LogP) is 2.29. The van der Waals surface area contributed by atoms with Crippen LogP contribution in [0.2, 0.25) is 0 Å². The van der Waals surface area contributed by atoms with Crippen molar-refractivity contribution in [3.05, 3.63) is 11.3 Å². The fraction of sp³-hybridized carbons (Fsp3) is 0.750. The van der Waals surface area contributed by atoms with E-state index in [4.69, 9.17) is 4.74 Å². The molecule has 15 heavy (non-hydrogen) atoms. The number of hydrogen-bond donors (Lipinski definition) is 1. The highest BCUT2D eigenvalue weighted by molar-refractivity contribution is 5.96. The number of carbonyl (C=O) groups is 1. The molecular formula is C12H18O3. The van der Waals surface area contributed by atoms with Crippen LogP contribution in [-0.4, -0.2) is 16.7 Å². The van der Waals surface area contributed by atoms with Gasteiger partial charge in [0.25, 0.3) is 0 Å². The molecular weight excluding hydrogens is 192 g/mol. The topological polar surface area (TPSA) is 46.5 Å². The third kappa shape index (κ3) is 2.07. The Labute approximate surface area is 90.1 Å². The standard InChI is InChI=1S/C12H18O3/c1-2-7-12(14)8-6-9-10(13)4-3-5-11(9)15-12/h14H,2-8H2,1H3/t12-/m1/s1. The molecule has 1 aliphatic carbocycles. The minimum atomic E-state index is -1.01. The first-order valence-electron chi connectivity index (χ1n) is 5.81. The van der Waals surface area contributed by atoms with E-state index < -0.39 is 5.79 Å². The molecule has 0 aromatic heterocycles. The van der Waals surface area contributed by atoms with Gasteiger partial charge in [0.15, 0.2) is 5.78 Å². The fourth-order valence-electron chi connectivity index (χ4n) is 2.43. The molecule has 1 aliphatic heterocycles. The summed E-state index contributed by atoms with van der Waals surface area (Å²) in [5.41, 5.74) is 0.835. The first-order chi connectivity index (χ1) is 7.14. The van der Waals surface area contributed by atoms with Crippen molar-refractivity contribution in [1.29, 1.82) is 0 Å². The second-order valence-electron chi connectivity index (χ2n) is 4.48. The highest BCUT2D eigenvalue weighted by atomic mass is 16.6. The van der Waals surface area contributed by atoms with Crippen molar-refractivity contribution >= 4 is 5.78 Å². The van der Waals surface area contributed by atoms with Crippen LogP contribution in [-0.2, 0) is 9.53 Å². The maximum atomic E-state index is 11.6. The number of Topliss-reactive ketones (excluding diaryl/α,β-unsaturated/α-hetero) is 1. The summed E-state index contributed by atoms with van der Waals surface area (Å²) in [7, 11) is 0. The molecule has 0 aromatic carbocycles. The number of rotatable bonds is 2. The Balaban J connectivity index is 2.16. The van der Waals surface area contributed by atoms with Crippen molar-refractivity contribution in [3.63, 3.8) is 0 Å². The van der Waals surface area contributed by atoms with Gasteiger partial charge in [0, 0.05) is 31.3 Å². The van der Waals surface area contributed by atoms with Crippen LogP contribution >= 0.6 is 0 Å². The zero-order chi connectivity index (χ0) is 10.9. The lowest BCUT2D eigenvalue weighted by atomic mass is 9.88. The summed E-state index contributed by atoms with van der Waals surface area (Å²) in [5, 5.41) is 10.1. The molecule has 2 aliphatic rings. The predicted molar refractivity (Wildman–Crippen MR) is 56.1 cm³/mol. The average Bonchev–Trinajstić information content (AvgIpc) is 2.17. The van der Waals surface area contributed by atoms with Gasteiger partial charge in [-0.3, -0.25) is 4.79 Å². The van der Waals surface area contributed by atoms with Crippen LogP contribution in [0.1, 0.15) is 51.9 Å². The van der Waals surface area contributed by atoms with Crippen molar-refractivity contribution in [2.75, 3.05) is 0 Å². The van der Waals surface area contributed by atoms with Gasteiger partial charge in [-0.05, 0) is 19.3 Å². The van der Waals surface area contributed by atoms with E-state index in [0.29, 0.717) is 25.7 Å². The Morgan fingerprint density at radius 3 is 2.93 bits per heavy atom. The second kappa shape index (κ2) is 3.97. The Morgan fingerprint density at radius 1 is 1.40 bits per heavy atom. The summed E-state index contributed by atoms with van der Waals surface area (Å²) in [5.74, 6) is -0.0335. The summed E-state index contributed by atoms with van der Waals surface area (Å²) in [6.45, 7) is 2.03. The summed E-state index contributed by atoms with van der Waals surface area (Å²) in [6.07, 6.45) is 5.11. The SMILES string of the molecule is CCC[C@]1(O)CCC2=C(CCCC2=O)O1. The minimum absolute atomic E-state index is 0.217. The highest BCUT2D eigenvalue weighted by Gasteiger charge is 2.37. The molecule has 84 valence electrons. The number of hydrogen-bond acceptors (Lipinski definition) is 3. The van der Waals surface area contributed by atoms with Crippen LogP contribution in [0.15, 0.2) is 11.3 Å². The molecule has 0 spiro atoms. The average molecular weight is 210 g/mol. The largest absolute Gasteiger partial charge is 0.466 e. The molecule has 3 nitrogen and oxygen atoms in total. The maximum absolute atomic E-state index is 11.6. The van der Waals surface area contributed by atoms with Crippen molar-refractivity contribution in [2.24, 2.45) is 0 Å². The lowest BCUT2D eigenvalue weighted by molar-refractivity contribution is -0.196. The first kappa shape index (κ1) is 10.7. The molecule has 0 saturated heterocycles. The van der Waals surface area contributed by atoms with Crippen LogP contribution in [0, 0.1) is 0 Å². The molecule has 1 N–H and O–H groups in total. The van der Waals surface area contributed by atoms with E-state index in [1.165, 1.54) is 0 Å².